The van der Waals surface area contributed by atoms with Crippen LogP contribution in [-0.2, 0) is 10.0 Å². The molecular formula is C17H22N4O4S. The van der Waals surface area contributed by atoms with Crippen LogP contribution in [0.25, 0.3) is 5.52 Å². The quantitative estimate of drug-likeness (QED) is 0.805. The third kappa shape index (κ3) is 2.89. The van der Waals surface area contributed by atoms with Crippen LogP contribution in [0, 0.1) is 5.92 Å². The molecule has 0 radical (unpaired) electrons. The summed E-state index contributed by atoms with van der Waals surface area (Å²) in [7, 11) is -3.31. The number of piperidine rings is 2. The van der Waals surface area contributed by atoms with E-state index in [0.717, 1.165) is 5.52 Å². The highest BCUT2D eigenvalue weighted by molar-refractivity contribution is 7.88. The second-order valence-corrected chi connectivity index (χ2v) is 9.24. The fourth-order valence-corrected chi connectivity index (χ4v) is 4.90. The first-order valence-corrected chi connectivity index (χ1v) is 10.5. The van der Waals surface area contributed by atoms with Crippen molar-refractivity contribution in [3.05, 3.63) is 36.2 Å². The number of carbonyl (C=O) groups is 1. The Bertz CT molecular complexity index is 957. The summed E-state index contributed by atoms with van der Waals surface area (Å²) in [6.07, 6.45) is 5.39. The molecular weight excluding hydrogens is 356 g/mol. The van der Waals surface area contributed by atoms with Gasteiger partial charge >= 0.3 is 0 Å². The van der Waals surface area contributed by atoms with Crippen LogP contribution in [0.3, 0.4) is 0 Å². The number of carbonyl (C=O) groups excluding carboxylic acids is 1. The summed E-state index contributed by atoms with van der Waals surface area (Å²) >= 11 is 0. The lowest BCUT2D eigenvalue weighted by molar-refractivity contribution is -0.0946. The molecule has 0 aromatic carbocycles. The number of sulfonamides is 1. The van der Waals surface area contributed by atoms with Crippen molar-refractivity contribution in [1.82, 2.24) is 18.8 Å². The zero-order valence-electron chi connectivity index (χ0n) is 14.6. The number of hydrogen-bond acceptors (Lipinski definition) is 5. The Morgan fingerprint density at radius 2 is 2.04 bits per heavy atom. The van der Waals surface area contributed by atoms with Crippen LogP contribution < -0.4 is 0 Å². The van der Waals surface area contributed by atoms with Gasteiger partial charge in [-0.1, -0.05) is 6.07 Å². The summed E-state index contributed by atoms with van der Waals surface area (Å²) < 4.78 is 26.8. The van der Waals surface area contributed by atoms with Gasteiger partial charge in [0, 0.05) is 38.3 Å². The highest BCUT2D eigenvalue weighted by Gasteiger charge is 2.47. The molecule has 2 aromatic rings. The Morgan fingerprint density at radius 3 is 2.81 bits per heavy atom. The maximum absolute atomic E-state index is 13.0. The molecule has 2 fully saturated rings. The fraction of sp³-hybridized carbons (Fsp3) is 0.529. The third-order valence-corrected chi connectivity index (χ3v) is 6.92. The average Bonchev–Trinajstić information content (AvgIpc) is 3.03. The summed E-state index contributed by atoms with van der Waals surface area (Å²) in [4.78, 5) is 14.7. The van der Waals surface area contributed by atoms with E-state index in [4.69, 9.17) is 0 Å². The van der Waals surface area contributed by atoms with Crippen molar-refractivity contribution in [3.63, 3.8) is 0 Å². The van der Waals surface area contributed by atoms with Crippen molar-refractivity contribution in [2.45, 2.75) is 18.4 Å². The second-order valence-electron chi connectivity index (χ2n) is 7.26. The molecule has 0 aliphatic carbocycles. The van der Waals surface area contributed by atoms with Crippen molar-refractivity contribution in [3.8, 4) is 0 Å². The Labute approximate surface area is 152 Å². The van der Waals surface area contributed by atoms with E-state index in [0.29, 0.717) is 38.0 Å². The zero-order valence-corrected chi connectivity index (χ0v) is 15.4. The maximum Gasteiger partial charge on any atom is 0.257 e. The first kappa shape index (κ1) is 17.4. The molecule has 9 heteroatoms. The van der Waals surface area contributed by atoms with Crippen molar-refractivity contribution < 1.29 is 18.3 Å². The molecule has 0 bridgehead atoms. The minimum atomic E-state index is -3.31. The number of aliphatic hydroxyl groups is 1. The summed E-state index contributed by atoms with van der Waals surface area (Å²) in [5, 5.41) is 15.1. The highest BCUT2D eigenvalue weighted by atomic mass is 32.2. The standard InChI is InChI=1S/C17H22N4O4S/c1-26(24,25)20-9-6-17(23)5-8-19(11-13(17)12-20)16(22)14-10-18-21-7-3-2-4-15(14)21/h2-4,7,10,13,23H,5-6,8-9,11-12H2,1H3/t13-,17-/m1/s1. The molecule has 2 atom stereocenters. The Hall–Kier alpha value is -1.97. The van der Waals surface area contributed by atoms with Gasteiger partial charge in [-0.05, 0) is 25.0 Å². The second kappa shape index (κ2) is 6.04. The molecule has 2 aliphatic rings. The molecule has 1 amide bonds. The monoisotopic (exact) mass is 378 g/mol. The van der Waals surface area contributed by atoms with Crippen molar-refractivity contribution in [2.75, 3.05) is 32.4 Å². The number of aromatic nitrogens is 2. The predicted octanol–water partition coefficient (Wildman–Crippen LogP) is 0.193. The first-order valence-electron chi connectivity index (χ1n) is 8.67. The van der Waals surface area contributed by atoms with Gasteiger partial charge in [0.05, 0.1) is 29.1 Å². The van der Waals surface area contributed by atoms with Gasteiger partial charge in [-0.3, -0.25) is 4.79 Å². The number of pyridine rings is 1. The van der Waals surface area contributed by atoms with Gasteiger partial charge in [-0.25, -0.2) is 17.2 Å². The van der Waals surface area contributed by atoms with E-state index in [2.05, 4.69) is 5.10 Å². The van der Waals surface area contributed by atoms with Crippen LogP contribution in [0.15, 0.2) is 30.6 Å². The van der Waals surface area contributed by atoms with E-state index in [1.165, 1.54) is 10.6 Å². The van der Waals surface area contributed by atoms with E-state index in [1.54, 1.807) is 21.8 Å². The van der Waals surface area contributed by atoms with Crippen LogP contribution >= 0.6 is 0 Å². The summed E-state index contributed by atoms with van der Waals surface area (Å²) in [6, 6.07) is 5.54. The molecule has 2 aliphatic heterocycles. The number of amides is 1. The van der Waals surface area contributed by atoms with Crippen LogP contribution in [0.2, 0.25) is 0 Å². The van der Waals surface area contributed by atoms with Gasteiger partial charge in [0.15, 0.2) is 0 Å². The van der Waals surface area contributed by atoms with Crippen LogP contribution in [0.5, 0.6) is 0 Å². The number of likely N-dealkylation sites (tertiary alicyclic amines) is 1. The molecule has 4 rings (SSSR count). The minimum Gasteiger partial charge on any atom is -0.389 e. The van der Waals surface area contributed by atoms with E-state index in [1.807, 2.05) is 18.2 Å². The van der Waals surface area contributed by atoms with E-state index >= 15 is 0 Å². The van der Waals surface area contributed by atoms with Gasteiger partial charge < -0.3 is 10.0 Å². The van der Waals surface area contributed by atoms with Crippen molar-refractivity contribution in [2.24, 2.45) is 5.92 Å². The van der Waals surface area contributed by atoms with Gasteiger partial charge in [-0.2, -0.15) is 5.10 Å². The van der Waals surface area contributed by atoms with Crippen molar-refractivity contribution >= 4 is 21.4 Å². The summed E-state index contributed by atoms with van der Waals surface area (Å²) in [5.41, 5.74) is 0.352. The molecule has 140 valence electrons. The molecule has 0 saturated carbocycles. The summed E-state index contributed by atoms with van der Waals surface area (Å²) in [6.45, 7) is 1.36. The topological polar surface area (TPSA) is 95.2 Å². The van der Waals surface area contributed by atoms with Crippen LogP contribution in [-0.4, -0.2) is 76.3 Å². The van der Waals surface area contributed by atoms with E-state index in [-0.39, 0.29) is 18.4 Å². The summed E-state index contributed by atoms with van der Waals surface area (Å²) in [5.74, 6) is -0.421. The largest absolute Gasteiger partial charge is 0.389 e. The highest BCUT2D eigenvalue weighted by Crippen LogP contribution is 2.36. The van der Waals surface area contributed by atoms with E-state index < -0.39 is 15.6 Å². The van der Waals surface area contributed by atoms with Gasteiger partial charge in [0.1, 0.15) is 0 Å². The zero-order chi connectivity index (χ0) is 18.5. The number of rotatable bonds is 2. The van der Waals surface area contributed by atoms with Gasteiger partial charge in [-0.15, -0.1) is 0 Å². The number of fused-ring (bicyclic) bond motifs is 2. The average molecular weight is 378 g/mol. The minimum absolute atomic E-state index is 0.135. The normalized spacial score (nSPS) is 27.5. The lowest BCUT2D eigenvalue weighted by atomic mass is 9.76. The Morgan fingerprint density at radius 1 is 1.27 bits per heavy atom. The fourth-order valence-electron chi connectivity index (χ4n) is 4.03. The third-order valence-electron chi connectivity index (χ3n) is 5.65. The van der Waals surface area contributed by atoms with E-state index in [9.17, 15) is 18.3 Å². The first-order chi connectivity index (χ1) is 12.3. The smallest absolute Gasteiger partial charge is 0.257 e. The lowest BCUT2D eigenvalue weighted by Crippen LogP contribution is -2.61. The van der Waals surface area contributed by atoms with Crippen molar-refractivity contribution in [1.29, 1.82) is 0 Å². The van der Waals surface area contributed by atoms with Crippen LogP contribution in [0.1, 0.15) is 23.2 Å². The predicted molar refractivity (Wildman–Crippen MR) is 95.2 cm³/mol. The lowest BCUT2D eigenvalue weighted by Gasteiger charge is -2.49. The Kier molecular flexibility index (Phi) is 4.05. The molecule has 2 saturated heterocycles. The van der Waals surface area contributed by atoms with Crippen LogP contribution in [0.4, 0.5) is 0 Å². The Balaban J connectivity index is 1.57. The maximum atomic E-state index is 13.0. The molecule has 2 aromatic heterocycles. The molecule has 0 unspecified atom stereocenters. The molecule has 26 heavy (non-hydrogen) atoms. The van der Waals surface area contributed by atoms with Gasteiger partial charge in [0.25, 0.3) is 5.91 Å². The molecule has 4 heterocycles. The molecule has 0 spiro atoms. The van der Waals surface area contributed by atoms with Gasteiger partial charge in [0.2, 0.25) is 10.0 Å². The molecule has 1 N–H and O–H groups in total. The number of nitrogens with zero attached hydrogens (tertiary/aromatic N) is 4. The SMILES string of the molecule is CS(=O)(=O)N1CC[C@]2(O)CCN(C(=O)c3cnn4ccccc34)C[C@@H]2C1. The number of hydrogen-bond donors (Lipinski definition) is 1. The molecule has 8 nitrogen and oxygen atoms in total.